The van der Waals surface area contributed by atoms with Gasteiger partial charge in [0, 0.05) is 22.8 Å². The maximum absolute atomic E-state index is 12.8. The lowest BCUT2D eigenvalue weighted by molar-refractivity contribution is -0.111. The van der Waals surface area contributed by atoms with Crippen LogP contribution in [-0.2, 0) is 17.6 Å². The summed E-state index contributed by atoms with van der Waals surface area (Å²) < 4.78 is 11.3. The first kappa shape index (κ1) is 25.3. The van der Waals surface area contributed by atoms with E-state index in [4.69, 9.17) is 14.5 Å². The van der Waals surface area contributed by atoms with Crippen molar-refractivity contribution in [2.24, 2.45) is 0 Å². The van der Waals surface area contributed by atoms with Gasteiger partial charge < -0.3 is 20.1 Å². The SMILES string of the molecule is COc1ccccc1Nc1c2c(nc3ccc(NC(=O)C=Cc4ccc(OC(C)C)cc4)cc13)CCCC2. The molecule has 5 rings (SSSR count). The molecule has 1 aliphatic rings. The summed E-state index contributed by atoms with van der Waals surface area (Å²) in [5.74, 6) is 1.39. The van der Waals surface area contributed by atoms with E-state index in [9.17, 15) is 4.79 Å². The Morgan fingerprint density at radius 1 is 1.00 bits per heavy atom. The summed E-state index contributed by atoms with van der Waals surface area (Å²) >= 11 is 0. The zero-order valence-corrected chi connectivity index (χ0v) is 22.1. The van der Waals surface area contributed by atoms with Crippen LogP contribution in [0.3, 0.4) is 0 Å². The summed E-state index contributed by atoms with van der Waals surface area (Å²) in [6.45, 7) is 3.99. The predicted octanol–water partition coefficient (Wildman–Crippen LogP) is 7.30. The van der Waals surface area contributed by atoms with E-state index in [1.807, 2.05) is 80.6 Å². The maximum atomic E-state index is 12.8. The number of carbonyl (C=O) groups excluding carboxylic acids is 1. The van der Waals surface area contributed by atoms with Crippen molar-refractivity contribution in [2.75, 3.05) is 17.7 Å². The molecule has 3 aromatic carbocycles. The van der Waals surface area contributed by atoms with Crippen LogP contribution in [-0.4, -0.2) is 24.1 Å². The minimum atomic E-state index is -0.197. The molecule has 1 aromatic heterocycles. The molecule has 0 bridgehead atoms. The number of methoxy groups -OCH3 is 1. The third-order valence-electron chi connectivity index (χ3n) is 6.58. The number of pyridine rings is 1. The molecule has 194 valence electrons. The van der Waals surface area contributed by atoms with Gasteiger partial charge in [-0.15, -0.1) is 0 Å². The van der Waals surface area contributed by atoms with Crippen molar-refractivity contribution in [2.45, 2.75) is 45.6 Å². The van der Waals surface area contributed by atoms with E-state index < -0.39 is 0 Å². The molecule has 1 heterocycles. The molecule has 0 saturated heterocycles. The maximum Gasteiger partial charge on any atom is 0.248 e. The minimum Gasteiger partial charge on any atom is -0.495 e. The predicted molar refractivity (Wildman–Crippen MR) is 155 cm³/mol. The highest BCUT2D eigenvalue weighted by Crippen LogP contribution is 2.38. The number of rotatable bonds is 8. The molecule has 0 aliphatic heterocycles. The molecule has 6 heteroatoms. The number of hydrogen-bond donors (Lipinski definition) is 2. The lowest BCUT2D eigenvalue weighted by Crippen LogP contribution is -2.11. The van der Waals surface area contributed by atoms with E-state index in [0.717, 1.165) is 70.7 Å². The fourth-order valence-corrected chi connectivity index (χ4v) is 4.81. The molecule has 1 amide bonds. The second kappa shape index (κ2) is 11.4. The first-order chi connectivity index (χ1) is 18.5. The number of hydrogen-bond acceptors (Lipinski definition) is 5. The van der Waals surface area contributed by atoms with E-state index in [0.29, 0.717) is 5.69 Å². The van der Waals surface area contributed by atoms with Crippen molar-refractivity contribution >= 4 is 39.9 Å². The molecule has 0 saturated carbocycles. The Morgan fingerprint density at radius 3 is 2.58 bits per heavy atom. The first-order valence-electron chi connectivity index (χ1n) is 13.1. The minimum absolute atomic E-state index is 0.121. The molecule has 0 spiro atoms. The van der Waals surface area contributed by atoms with Gasteiger partial charge in [-0.05, 0) is 99.2 Å². The fraction of sp³-hybridized carbons (Fsp3) is 0.250. The first-order valence-corrected chi connectivity index (χ1v) is 13.1. The van der Waals surface area contributed by atoms with Gasteiger partial charge in [0.2, 0.25) is 5.91 Å². The van der Waals surface area contributed by atoms with E-state index in [1.54, 1.807) is 19.3 Å². The molecular formula is C32H33N3O3. The topological polar surface area (TPSA) is 72.5 Å². The highest BCUT2D eigenvalue weighted by molar-refractivity contribution is 6.04. The highest BCUT2D eigenvalue weighted by Gasteiger charge is 2.19. The summed E-state index contributed by atoms with van der Waals surface area (Å²) in [5, 5.41) is 7.61. The Kier molecular flexibility index (Phi) is 7.59. The number of nitrogens with one attached hydrogen (secondary N) is 2. The summed E-state index contributed by atoms with van der Waals surface area (Å²) in [5.41, 5.74) is 6.86. The Hall–Kier alpha value is -4.32. The van der Waals surface area contributed by atoms with Crippen LogP contribution in [0.25, 0.3) is 17.0 Å². The third-order valence-corrected chi connectivity index (χ3v) is 6.58. The number of aryl methyl sites for hydroxylation is 1. The molecule has 2 N–H and O–H groups in total. The quantitative estimate of drug-likeness (QED) is 0.245. The lowest BCUT2D eigenvalue weighted by atomic mass is 9.92. The van der Waals surface area contributed by atoms with Crippen molar-refractivity contribution in [3.63, 3.8) is 0 Å². The van der Waals surface area contributed by atoms with Gasteiger partial charge in [-0.2, -0.15) is 0 Å². The van der Waals surface area contributed by atoms with Crippen LogP contribution in [0.15, 0.2) is 72.8 Å². The van der Waals surface area contributed by atoms with E-state index in [-0.39, 0.29) is 12.0 Å². The number of anilines is 3. The van der Waals surface area contributed by atoms with Crippen molar-refractivity contribution in [1.29, 1.82) is 0 Å². The summed E-state index contributed by atoms with van der Waals surface area (Å²) in [7, 11) is 1.68. The molecule has 0 unspecified atom stereocenters. The summed E-state index contributed by atoms with van der Waals surface area (Å²) in [6.07, 6.45) is 7.68. The summed E-state index contributed by atoms with van der Waals surface area (Å²) in [4.78, 5) is 17.7. The number of benzene rings is 3. The highest BCUT2D eigenvalue weighted by atomic mass is 16.5. The third kappa shape index (κ3) is 5.80. The van der Waals surface area contributed by atoms with E-state index >= 15 is 0 Å². The lowest BCUT2D eigenvalue weighted by Gasteiger charge is -2.22. The summed E-state index contributed by atoms with van der Waals surface area (Å²) in [6, 6.07) is 21.5. The molecule has 6 nitrogen and oxygen atoms in total. The van der Waals surface area contributed by atoms with Gasteiger partial charge in [0.05, 0.1) is 30.1 Å². The molecule has 1 aliphatic carbocycles. The monoisotopic (exact) mass is 507 g/mol. The van der Waals surface area contributed by atoms with Gasteiger partial charge in [0.15, 0.2) is 0 Å². The number of para-hydroxylation sites is 2. The van der Waals surface area contributed by atoms with Crippen LogP contribution in [0, 0.1) is 0 Å². The van der Waals surface area contributed by atoms with Crippen LogP contribution in [0.4, 0.5) is 17.1 Å². The van der Waals surface area contributed by atoms with Gasteiger partial charge in [0.25, 0.3) is 0 Å². The number of ether oxygens (including phenoxy) is 2. The average Bonchev–Trinajstić information content (AvgIpc) is 2.93. The molecule has 0 atom stereocenters. The second-order valence-corrected chi connectivity index (χ2v) is 9.73. The van der Waals surface area contributed by atoms with Crippen molar-refractivity contribution in [3.05, 3.63) is 89.6 Å². The number of nitrogens with zero attached hydrogens (tertiary/aromatic N) is 1. The van der Waals surface area contributed by atoms with Crippen LogP contribution in [0.2, 0.25) is 0 Å². The fourth-order valence-electron chi connectivity index (χ4n) is 4.81. The van der Waals surface area contributed by atoms with Gasteiger partial charge in [0.1, 0.15) is 11.5 Å². The average molecular weight is 508 g/mol. The van der Waals surface area contributed by atoms with Crippen LogP contribution >= 0.6 is 0 Å². The molecule has 0 radical (unpaired) electrons. The van der Waals surface area contributed by atoms with Crippen molar-refractivity contribution < 1.29 is 14.3 Å². The second-order valence-electron chi connectivity index (χ2n) is 9.73. The van der Waals surface area contributed by atoms with E-state index in [1.165, 1.54) is 5.56 Å². The van der Waals surface area contributed by atoms with Crippen LogP contribution in [0.1, 0.15) is 43.5 Å². The molecular weight excluding hydrogens is 474 g/mol. The van der Waals surface area contributed by atoms with Gasteiger partial charge >= 0.3 is 0 Å². The normalized spacial score (nSPS) is 12.9. The van der Waals surface area contributed by atoms with E-state index in [2.05, 4.69) is 10.6 Å². The number of amides is 1. The zero-order chi connectivity index (χ0) is 26.5. The van der Waals surface area contributed by atoms with Crippen LogP contribution in [0.5, 0.6) is 11.5 Å². The Morgan fingerprint density at radius 2 is 1.79 bits per heavy atom. The molecule has 4 aromatic rings. The molecule has 38 heavy (non-hydrogen) atoms. The Bertz CT molecular complexity index is 1480. The van der Waals surface area contributed by atoms with Gasteiger partial charge in [-0.1, -0.05) is 24.3 Å². The molecule has 0 fully saturated rings. The van der Waals surface area contributed by atoms with Crippen molar-refractivity contribution in [1.82, 2.24) is 4.98 Å². The van der Waals surface area contributed by atoms with Gasteiger partial charge in [-0.25, -0.2) is 0 Å². The number of fused-ring (bicyclic) bond motifs is 2. The Labute approximate surface area is 223 Å². The number of aromatic nitrogens is 1. The Balaban J connectivity index is 1.41. The largest absolute Gasteiger partial charge is 0.495 e. The van der Waals surface area contributed by atoms with Crippen molar-refractivity contribution in [3.8, 4) is 11.5 Å². The van der Waals surface area contributed by atoms with Gasteiger partial charge in [-0.3, -0.25) is 9.78 Å². The smallest absolute Gasteiger partial charge is 0.248 e. The standard InChI is InChI=1S/C32H33N3O3/c1-21(2)38-24-16-12-22(13-17-24)14-19-31(36)33-23-15-18-28-26(20-23)32(25-8-4-5-9-27(25)34-28)35-29-10-6-7-11-30(29)37-3/h6-7,10-21H,4-5,8-9H2,1-3H3,(H,33,36)(H,34,35). The van der Waals surface area contributed by atoms with Crippen LogP contribution < -0.4 is 20.1 Å². The number of carbonyl (C=O) groups is 1. The zero-order valence-electron chi connectivity index (χ0n) is 22.1.